The molecule has 0 radical (unpaired) electrons. The summed E-state index contributed by atoms with van der Waals surface area (Å²) in [6, 6.07) is 0. The zero-order valence-electron chi connectivity index (χ0n) is 11.2. The maximum absolute atomic E-state index is 12.7. The zero-order valence-corrected chi connectivity index (χ0v) is 12.0. The van der Waals surface area contributed by atoms with Crippen LogP contribution in [-0.4, -0.2) is 36.0 Å². The van der Waals surface area contributed by atoms with Crippen LogP contribution in [0.1, 0.15) is 37.6 Å². The van der Waals surface area contributed by atoms with E-state index < -0.39 is 10.0 Å². The largest absolute Gasteiger partial charge is 0.281 e. The van der Waals surface area contributed by atoms with E-state index in [0.717, 1.165) is 19.3 Å². The number of nitrogens with one attached hydrogen (secondary N) is 1. The molecule has 102 valence electrons. The van der Waals surface area contributed by atoms with Crippen LogP contribution in [0.3, 0.4) is 0 Å². The standard InChI is InChI=1S/C12H21N3O2S/c1-4-7-15(8-11-5-6-11)18(16,17)12-9(2)13-14-10(12)3/h11H,4-8H2,1-3H3,(H,13,14). The highest BCUT2D eigenvalue weighted by molar-refractivity contribution is 7.89. The van der Waals surface area contributed by atoms with Crippen molar-refractivity contribution in [3.63, 3.8) is 0 Å². The van der Waals surface area contributed by atoms with Crippen LogP contribution < -0.4 is 0 Å². The van der Waals surface area contributed by atoms with Crippen LogP contribution in [0.4, 0.5) is 0 Å². The molecule has 0 unspecified atom stereocenters. The van der Waals surface area contributed by atoms with E-state index in [4.69, 9.17) is 0 Å². The van der Waals surface area contributed by atoms with Gasteiger partial charge in [-0.1, -0.05) is 6.92 Å². The minimum Gasteiger partial charge on any atom is -0.281 e. The highest BCUT2D eigenvalue weighted by Gasteiger charge is 2.33. The summed E-state index contributed by atoms with van der Waals surface area (Å²) in [5.41, 5.74) is 1.19. The molecule has 0 aliphatic heterocycles. The van der Waals surface area contributed by atoms with Gasteiger partial charge in [0.2, 0.25) is 10.0 Å². The maximum Gasteiger partial charge on any atom is 0.246 e. The second kappa shape index (κ2) is 5.01. The van der Waals surface area contributed by atoms with E-state index in [1.54, 1.807) is 18.2 Å². The fraction of sp³-hybridized carbons (Fsp3) is 0.750. The Labute approximate surface area is 109 Å². The average Bonchev–Trinajstić information content (AvgIpc) is 3.03. The van der Waals surface area contributed by atoms with Crippen LogP contribution in [-0.2, 0) is 10.0 Å². The Morgan fingerprint density at radius 1 is 1.39 bits per heavy atom. The van der Waals surface area contributed by atoms with Crippen LogP contribution in [0.25, 0.3) is 0 Å². The molecule has 2 rings (SSSR count). The minimum absolute atomic E-state index is 0.358. The van der Waals surface area contributed by atoms with Crippen molar-refractivity contribution in [1.82, 2.24) is 14.5 Å². The van der Waals surface area contributed by atoms with Gasteiger partial charge in [0, 0.05) is 13.1 Å². The van der Waals surface area contributed by atoms with Gasteiger partial charge in [-0.2, -0.15) is 9.40 Å². The summed E-state index contributed by atoms with van der Waals surface area (Å²) >= 11 is 0. The molecule has 1 aliphatic rings. The Balaban J connectivity index is 2.31. The van der Waals surface area contributed by atoms with Gasteiger partial charge in [-0.15, -0.1) is 0 Å². The average molecular weight is 271 g/mol. The SMILES string of the molecule is CCCN(CC1CC1)S(=O)(=O)c1c(C)n[nH]c1C. The van der Waals surface area contributed by atoms with Gasteiger partial charge < -0.3 is 0 Å². The van der Waals surface area contributed by atoms with Crippen molar-refractivity contribution in [2.24, 2.45) is 5.92 Å². The first-order valence-corrected chi connectivity index (χ1v) is 7.92. The molecular formula is C12H21N3O2S. The highest BCUT2D eigenvalue weighted by Crippen LogP contribution is 2.32. The monoisotopic (exact) mass is 271 g/mol. The van der Waals surface area contributed by atoms with Crippen molar-refractivity contribution in [3.8, 4) is 0 Å². The molecule has 1 heterocycles. The smallest absolute Gasteiger partial charge is 0.246 e. The first-order valence-electron chi connectivity index (χ1n) is 6.48. The first-order chi connectivity index (χ1) is 8.46. The Morgan fingerprint density at radius 2 is 2.06 bits per heavy atom. The van der Waals surface area contributed by atoms with Crippen LogP contribution in [0.15, 0.2) is 4.90 Å². The van der Waals surface area contributed by atoms with Crippen molar-refractivity contribution in [3.05, 3.63) is 11.4 Å². The van der Waals surface area contributed by atoms with Crippen molar-refractivity contribution in [2.75, 3.05) is 13.1 Å². The van der Waals surface area contributed by atoms with E-state index in [1.165, 1.54) is 0 Å². The molecule has 5 nitrogen and oxygen atoms in total. The lowest BCUT2D eigenvalue weighted by Gasteiger charge is -2.21. The summed E-state index contributed by atoms with van der Waals surface area (Å²) in [7, 11) is -3.40. The summed E-state index contributed by atoms with van der Waals surface area (Å²) in [5.74, 6) is 0.554. The van der Waals surface area contributed by atoms with Crippen molar-refractivity contribution >= 4 is 10.0 Å². The van der Waals surface area contributed by atoms with Gasteiger partial charge in [0.05, 0.1) is 11.4 Å². The number of aryl methyl sites for hydroxylation is 2. The summed E-state index contributed by atoms with van der Waals surface area (Å²) in [6.07, 6.45) is 3.14. The lowest BCUT2D eigenvalue weighted by molar-refractivity contribution is 0.395. The van der Waals surface area contributed by atoms with Gasteiger partial charge in [-0.3, -0.25) is 5.10 Å². The van der Waals surface area contributed by atoms with E-state index in [-0.39, 0.29) is 0 Å². The molecule has 0 bridgehead atoms. The summed E-state index contributed by atoms with van der Waals surface area (Å²) in [4.78, 5) is 0.358. The molecule has 0 aromatic carbocycles. The molecule has 1 saturated carbocycles. The quantitative estimate of drug-likeness (QED) is 0.858. The Hall–Kier alpha value is -0.880. The van der Waals surface area contributed by atoms with E-state index in [1.807, 2.05) is 6.92 Å². The summed E-state index contributed by atoms with van der Waals surface area (Å²) < 4.78 is 26.9. The Morgan fingerprint density at radius 3 is 2.50 bits per heavy atom. The molecule has 1 aromatic rings. The van der Waals surface area contributed by atoms with Gasteiger partial charge in [-0.05, 0) is 39.0 Å². The maximum atomic E-state index is 12.7. The lowest BCUT2D eigenvalue weighted by Crippen LogP contribution is -2.34. The molecule has 0 spiro atoms. The van der Waals surface area contributed by atoms with Gasteiger partial charge in [-0.25, -0.2) is 8.42 Å². The van der Waals surface area contributed by atoms with E-state index in [0.29, 0.717) is 35.3 Å². The Bertz CT molecular complexity index is 498. The van der Waals surface area contributed by atoms with Crippen LogP contribution in [0.5, 0.6) is 0 Å². The number of aromatic amines is 1. The van der Waals surface area contributed by atoms with Crippen LogP contribution in [0.2, 0.25) is 0 Å². The fourth-order valence-electron chi connectivity index (χ4n) is 2.20. The number of rotatable bonds is 6. The number of H-pyrrole nitrogens is 1. The predicted octanol–water partition coefficient (Wildman–Crippen LogP) is 1.84. The second-order valence-corrected chi connectivity index (χ2v) is 6.94. The van der Waals surface area contributed by atoms with Gasteiger partial charge in [0.15, 0.2) is 0 Å². The topological polar surface area (TPSA) is 66.1 Å². The van der Waals surface area contributed by atoms with Crippen molar-refractivity contribution in [1.29, 1.82) is 0 Å². The third kappa shape index (κ3) is 2.59. The number of hydrogen-bond donors (Lipinski definition) is 1. The molecule has 0 atom stereocenters. The van der Waals surface area contributed by atoms with Crippen molar-refractivity contribution in [2.45, 2.75) is 44.9 Å². The summed E-state index contributed by atoms with van der Waals surface area (Å²) in [6.45, 7) is 6.74. The number of nitrogens with zero attached hydrogens (tertiary/aromatic N) is 2. The molecule has 1 N–H and O–H groups in total. The normalized spacial score (nSPS) is 16.4. The molecule has 1 aliphatic carbocycles. The lowest BCUT2D eigenvalue weighted by atomic mass is 10.4. The highest BCUT2D eigenvalue weighted by atomic mass is 32.2. The Kier molecular flexibility index (Phi) is 3.77. The first kappa shape index (κ1) is 13.5. The van der Waals surface area contributed by atoms with Gasteiger partial charge in [0.1, 0.15) is 4.90 Å². The summed E-state index contributed by atoms with van der Waals surface area (Å²) in [5, 5.41) is 6.74. The number of sulfonamides is 1. The van der Waals surface area contributed by atoms with Crippen LogP contribution in [0, 0.1) is 19.8 Å². The minimum atomic E-state index is -3.40. The molecule has 0 saturated heterocycles. The second-order valence-electron chi connectivity index (χ2n) is 5.07. The van der Waals surface area contributed by atoms with E-state index >= 15 is 0 Å². The van der Waals surface area contributed by atoms with E-state index in [2.05, 4.69) is 10.2 Å². The molecule has 0 amide bonds. The predicted molar refractivity (Wildman–Crippen MR) is 69.8 cm³/mol. The zero-order chi connectivity index (χ0) is 13.3. The molecular weight excluding hydrogens is 250 g/mol. The van der Waals surface area contributed by atoms with Gasteiger partial charge in [0.25, 0.3) is 0 Å². The molecule has 6 heteroatoms. The molecule has 18 heavy (non-hydrogen) atoms. The third-order valence-corrected chi connectivity index (χ3v) is 5.42. The number of aromatic nitrogens is 2. The number of hydrogen-bond acceptors (Lipinski definition) is 3. The fourth-order valence-corrected chi connectivity index (χ4v) is 4.14. The van der Waals surface area contributed by atoms with Crippen LogP contribution >= 0.6 is 0 Å². The molecule has 1 aromatic heterocycles. The third-order valence-electron chi connectivity index (χ3n) is 3.29. The van der Waals surface area contributed by atoms with Crippen molar-refractivity contribution < 1.29 is 8.42 Å². The molecule has 1 fully saturated rings. The van der Waals surface area contributed by atoms with E-state index in [9.17, 15) is 8.42 Å². The van der Waals surface area contributed by atoms with Gasteiger partial charge >= 0.3 is 0 Å².